The van der Waals surface area contributed by atoms with Crippen molar-refractivity contribution in [1.82, 2.24) is 4.90 Å². The third kappa shape index (κ3) is 2.41. The summed E-state index contributed by atoms with van der Waals surface area (Å²) in [6.45, 7) is 4.25. The Hall–Kier alpha value is 0.890. The summed E-state index contributed by atoms with van der Waals surface area (Å²) < 4.78 is 0. The molecule has 0 saturated carbocycles. The van der Waals surface area contributed by atoms with Crippen LogP contribution in [0.25, 0.3) is 0 Å². The Morgan fingerprint density at radius 1 is 1.27 bits per heavy atom. The quantitative estimate of drug-likeness (QED) is 0.487. The summed E-state index contributed by atoms with van der Waals surface area (Å²) in [4.78, 5) is 2.15. The summed E-state index contributed by atoms with van der Waals surface area (Å²) in [6.07, 6.45) is 0. The van der Waals surface area contributed by atoms with Gasteiger partial charge >= 0.3 is 0 Å². The molecule has 1 aliphatic heterocycles. The number of rotatable bonds is 1. The minimum absolute atomic E-state index is 0.108. The molecule has 0 N–H and O–H groups in total. The predicted octanol–water partition coefficient (Wildman–Crippen LogP) is 2.57. The maximum absolute atomic E-state index is 6.09. The molecule has 1 saturated heterocycles. The van der Waals surface area contributed by atoms with Crippen molar-refractivity contribution in [3.05, 3.63) is 0 Å². The van der Waals surface area contributed by atoms with E-state index in [9.17, 15) is 0 Å². The SMILES string of the molecule is CC(C)N1C(Cl)CSCC1Cl. The molecule has 0 aromatic carbocycles. The topological polar surface area (TPSA) is 3.24 Å². The van der Waals surface area contributed by atoms with Crippen molar-refractivity contribution >= 4 is 35.0 Å². The van der Waals surface area contributed by atoms with Crippen molar-refractivity contribution in [2.24, 2.45) is 0 Å². The van der Waals surface area contributed by atoms with Crippen LogP contribution in [-0.2, 0) is 0 Å². The van der Waals surface area contributed by atoms with Crippen LogP contribution in [0.15, 0.2) is 0 Å². The zero-order valence-electron chi connectivity index (χ0n) is 6.76. The summed E-state index contributed by atoms with van der Waals surface area (Å²) in [5.74, 6) is 1.98. The fourth-order valence-electron chi connectivity index (χ4n) is 1.26. The summed E-state index contributed by atoms with van der Waals surface area (Å²) in [6, 6.07) is 0.445. The van der Waals surface area contributed by atoms with E-state index in [0.29, 0.717) is 6.04 Å². The third-order valence-electron chi connectivity index (χ3n) is 1.75. The van der Waals surface area contributed by atoms with Gasteiger partial charge in [-0.3, -0.25) is 4.90 Å². The maximum atomic E-state index is 6.09. The van der Waals surface area contributed by atoms with E-state index in [-0.39, 0.29) is 11.0 Å². The molecule has 0 radical (unpaired) electrons. The van der Waals surface area contributed by atoms with Crippen molar-refractivity contribution in [1.29, 1.82) is 0 Å². The van der Waals surface area contributed by atoms with Gasteiger partial charge in [0.15, 0.2) is 0 Å². The highest BCUT2D eigenvalue weighted by Gasteiger charge is 2.29. The number of nitrogens with zero attached hydrogens (tertiary/aromatic N) is 1. The van der Waals surface area contributed by atoms with Crippen LogP contribution in [0.4, 0.5) is 0 Å². The van der Waals surface area contributed by atoms with Gasteiger partial charge in [0, 0.05) is 17.5 Å². The van der Waals surface area contributed by atoms with E-state index in [1.54, 1.807) is 0 Å². The summed E-state index contributed by atoms with van der Waals surface area (Å²) in [5, 5.41) is 0. The third-order valence-corrected chi connectivity index (χ3v) is 3.98. The van der Waals surface area contributed by atoms with Gasteiger partial charge in [0.25, 0.3) is 0 Å². The van der Waals surface area contributed by atoms with Gasteiger partial charge in [-0.25, -0.2) is 0 Å². The molecule has 0 bridgehead atoms. The van der Waals surface area contributed by atoms with Crippen LogP contribution < -0.4 is 0 Å². The molecule has 1 heterocycles. The second kappa shape index (κ2) is 4.22. The first kappa shape index (κ1) is 9.97. The molecular weight excluding hydrogens is 201 g/mol. The van der Waals surface area contributed by atoms with Crippen molar-refractivity contribution in [2.75, 3.05) is 11.5 Å². The van der Waals surface area contributed by atoms with Gasteiger partial charge in [-0.05, 0) is 13.8 Å². The van der Waals surface area contributed by atoms with Crippen LogP contribution in [-0.4, -0.2) is 33.4 Å². The molecule has 0 amide bonds. The second-order valence-electron chi connectivity index (χ2n) is 2.95. The van der Waals surface area contributed by atoms with E-state index >= 15 is 0 Å². The maximum Gasteiger partial charge on any atom is 0.0955 e. The molecule has 66 valence electrons. The number of thioether (sulfide) groups is 1. The molecule has 0 aromatic rings. The molecule has 11 heavy (non-hydrogen) atoms. The van der Waals surface area contributed by atoms with Gasteiger partial charge in [0.1, 0.15) is 0 Å². The minimum Gasteiger partial charge on any atom is -0.267 e. The smallest absolute Gasteiger partial charge is 0.0955 e. The van der Waals surface area contributed by atoms with Crippen molar-refractivity contribution in [3.63, 3.8) is 0 Å². The van der Waals surface area contributed by atoms with E-state index in [1.807, 2.05) is 11.8 Å². The zero-order chi connectivity index (χ0) is 8.43. The van der Waals surface area contributed by atoms with Gasteiger partial charge in [-0.1, -0.05) is 0 Å². The summed E-state index contributed by atoms with van der Waals surface area (Å²) >= 11 is 14.0. The van der Waals surface area contributed by atoms with E-state index in [2.05, 4.69) is 18.7 Å². The monoisotopic (exact) mass is 213 g/mol. The van der Waals surface area contributed by atoms with Crippen LogP contribution >= 0.6 is 35.0 Å². The van der Waals surface area contributed by atoms with Crippen LogP contribution in [0.5, 0.6) is 0 Å². The normalized spacial score (nSPS) is 34.6. The molecular formula is C7H13Cl2NS. The average molecular weight is 214 g/mol. The van der Waals surface area contributed by atoms with Gasteiger partial charge in [0.05, 0.1) is 11.0 Å². The van der Waals surface area contributed by atoms with Crippen LogP contribution in [0, 0.1) is 0 Å². The summed E-state index contributed by atoms with van der Waals surface area (Å²) in [5.41, 5.74) is 0.215. The molecule has 1 aliphatic rings. The Labute approximate surface area is 82.4 Å². The fourth-order valence-corrected chi connectivity index (χ4v) is 3.44. The Morgan fingerprint density at radius 3 is 2.00 bits per heavy atom. The van der Waals surface area contributed by atoms with Crippen LogP contribution in [0.2, 0.25) is 0 Å². The summed E-state index contributed by atoms with van der Waals surface area (Å²) in [7, 11) is 0. The number of hydrogen-bond acceptors (Lipinski definition) is 2. The number of hydrogen-bond donors (Lipinski definition) is 0. The fraction of sp³-hybridized carbons (Fsp3) is 1.00. The molecule has 4 heteroatoms. The van der Waals surface area contributed by atoms with Crippen LogP contribution in [0.3, 0.4) is 0 Å². The first-order valence-electron chi connectivity index (χ1n) is 3.76. The highest BCUT2D eigenvalue weighted by molar-refractivity contribution is 7.99. The Bertz CT molecular complexity index is 122. The Balaban J connectivity index is 2.55. The molecule has 2 atom stereocenters. The van der Waals surface area contributed by atoms with Gasteiger partial charge < -0.3 is 0 Å². The molecule has 0 spiro atoms. The average Bonchev–Trinajstić information content (AvgIpc) is 1.85. The highest BCUT2D eigenvalue weighted by atomic mass is 35.5. The lowest BCUT2D eigenvalue weighted by atomic mass is 10.3. The lowest BCUT2D eigenvalue weighted by molar-refractivity contribution is 0.198. The van der Waals surface area contributed by atoms with E-state index < -0.39 is 0 Å². The molecule has 1 rings (SSSR count). The van der Waals surface area contributed by atoms with Gasteiger partial charge in [-0.2, -0.15) is 11.8 Å². The molecule has 0 aliphatic carbocycles. The highest BCUT2D eigenvalue weighted by Crippen LogP contribution is 2.28. The van der Waals surface area contributed by atoms with Gasteiger partial charge in [-0.15, -0.1) is 23.2 Å². The van der Waals surface area contributed by atoms with Crippen LogP contribution in [0.1, 0.15) is 13.8 Å². The lowest BCUT2D eigenvalue weighted by Crippen LogP contribution is -2.47. The van der Waals surface area contributed by atoms with E-state index in [1.165, 1.54) is 0 Å². The molecule has 1 fully saturated rings. The largest absolute Gasteiger partial charge is 0.267 e. The van der Waals surface area contributed by atoms with E-state index in [0.717, 1.165) is 11.5 Å². The standard InChI is InChI=1S/C7H13Cl2NS/c1-5(2)10-6(8)3-11-4-7(10)9/h5-7H,3-4H2,1-2H3. The Kier molecular flexibility index (Phi) is 3.83. The molecule has 0 aromatic heterocycles. The predicted molar refractivity (Wildman–Crippen MR) is 53.6 cm³/mol. The second-order valence-corrected chi connectivity index (χ2v) is 5.03. The zero-order valence-corrected chi connectivity index (χ0v) is 9.09. The van der Waals surface area contributed by atoms with Gasteiger partial charge in [0.2, 0.25) is 0 Å². The first-order chi connectivity index (χ1) is 5.13. The molecule has 1 nitrogen and oxygen atoms in total. The first-order valence-corrected chi connectivity index (χ1v) is 5.79. The van der Waals surface area contributed by atoms with Crippen molar-refractivity contribution < 1.29 is 0 Å². The lowest BCUT2D eigenvalue weighted by Gasteiger charge is -2.38. The van der Waals surface area contributed by atoms with Crippen molar-refractivity contribution in [2.45, 2.75) is 30.9 Å². The molecule has 2 unspecified atom stereocenters. The Morgan fingerprint density at radius 2 is 1.73 bits per heavy atom. The number of alkyl halides is 2. The van der Waals surface area contributed by atoms with E-state index in [4.69, 9.17) is 23.2 Å². The van der Waals surface area contributed by atoms with Crippen molar-refractivity contribution in [3.8, 4) is 0 Å². The minimum atomic E-state index is 0.108. The number of halogens is 2.